The molecule has 0 N–H and O–H groups in total. The lowest BCUT2D eigenvalue weighted by atomic mass is 9.68. The van der Waals surface area contributed by atoms with Crippen LogP contribution in [0, 0.1) is 11.3 Å². The van der Waals surface area contributed by atoms with Crippen LogP contribution in [0.4, 0.5) is 0 Å². The van der Waals surface area contributed by atoms with Gasteiger partial charge in [0.1, 0.15) is 0 Å². The summed E-state index contributed by atoms with van der Waals surface area (Å²) in [6.07, 6.45) is 4.57. The normalized spacial score (nSPS) is 36.1. The molecule has 0 aromatic carbocycles. The van der Waals surface area contributed by atoms with Gasteiger partial charge in [0, 0.05) is 0 Å². The van der Waals surface area contributed by atoms with Crippen LogP contribution in [0.3, 0.4) is 0 Å². The first kappa shape index (κ1) is 9.56. The van der Waals surface area contributed by atoms with Gasteiger partial charge in [0.25, 0.3) is 0 Å². The highest BCUT2D eigenvalue weighted by molar-refractivity contribution is 5.76. The van der Waals surface area contributed by atoms with Crippen LogP contribution in [0.25, 0.3) is 0 Å². The number of rotatable bonds is 1. The number of carbonyl (C=O) groups is 1. The second-order valence-corrected chi connectivity index (χ2v) is 4.06. The number of hydrogen-bond acceptors (Lipinski definition) is 2. The zero-order valence-corrected chi connectivity index (χ0v) is 8.22. The molecule has 0 unspecified atom stereocenters. The van der Waals surface area contributed by atoms with Crippen molar-refractivity contribution in [3.63, 3.8) is 0 Å². The number of esters is 1. The molecule has 2 heteroatoms. The largest absolute Gasteiger partial charge is 0.469 e. The van der Waals surface area contributed by atoms with Gasteiger partial charge in [-0.2, -0.15) is 0 Å². The van der Waals surface area contributed by atoms with Crippen molar-refractivity contribution in [2.45, 2.75) is 39.5 Å². The fraction of sp³-hybridized carbons (Fsp3) is 0.900. The van der Waals surface area contributed by atoms with Gasteiger partial charge in [-0.25, -0.2) is 0 Å². The molecule has 0 bridgehead atoms. The fourth-order valence-corrected chi connectivity index (χ4v) is 2.04. The van der Waals surface area contributed by atoms with Crippen LogP contribution in [-0.2, 0) is 9.53 Å². The molecule has 1 saturated carbocycles. The third-order valence-electron chi connectivity index (χ3n) is 3.32. The van der Waals surface area contributed by atoms with Crippen LogP contribution < -0.4 is 0 Å². The molecule has 12 heavy (non-hydrogen) atoms. The zero-order valence-electron chi connectivity index (χ0n) is 8.22. The smallest absolute Gasteiger partial charge is 0.311 e. The lowest BCUT2D eigenvalue weighted by molar-refractivity contribution is -0.157. The molecule has 2 nitrogen and oxygen atoms in total. The van der Waals surface area contributed by atoms with E-state index in [4.69, 9.17) is 4.74 Å². The number of hydrogen-bond donors (Lipinski definition) is 0. The summed E-state index contributed by atoms with van der Waals surface area (Å²) in [5.41, 5.74) is -0.215. The van der Waals surface area contributed by atoms with Gasteiger partial charge < -0.3 is 4.74 Å². The van der Waals surface area contributed by atoms with Crippen molar-refractivity contribution in [1.29, 1.82) is 0 Å². The molecule has 1 fully saturated rings. The van der Waals surface area contributed by atoms with Crippen LogP contribution >= 0.6 is 0 Å². The summed E-state index contributed by atoms with van der Waals surface area (Å²) < 4.78 is 4.82. The molecule has 0 saturated heterocycles. The van der Waals surface area contributed by atoms with Crippen molar-refractivity contribution in [2.75, 3.05) is 7.11 Å². The molecular formula is C10H18O2. The van der Waals surface area contributed by atoms with Gasteiger partial charge in [0.05, 0.1) is 12.5 Å². The Hall–Kier alpha value is -0.530. The highest BCUT2D eigenvalue weighted by atomic mass is 16.5. The van der Waals surface area contributed by atoms with Gasteiger partial charge >= 0.3 is 5.97 Å². The summed E-state index contributed by atoms with van der Waals surface area (Å²) in [5.74, 6) is 0.438. The number of carbonyl (C=O) groups excluding carboxylic acids is 1. The Balaban J connectivity index is 2.72. The first-order valence-corrected chi connectivity index (χ1v) is 4.69. The first-order valence-electron chi connectivity index (χ1n) is 4.69. The Morgan fingerprint density at radius 2 is 2.17 bits per heavy atom. The first-order chi connectivity index (χ1) is 5.61. The molecule has 1 rings (SSSR count). The zero-order chi connectivity index (χ0) is 9.19. The Morgan fingerprint density at radius 3 is 2.67 bits per heavy atom. The van der Waals surface area contributed by atoms with Crippen molar-refractivity contribution in [3.05, 3.63) is 0 Å². The SMILES string of the molecule is COC(=O)[C@@]1(C)CCCC[C@H]1C. The maximum Gasteiger partial charge on any atom is 0.311 e. The van der Waals surface area contributed by atoms with Crippen molar-refractivity contribution in [1.82, 2.24) is 0 Å². The molecule has 0 radical (unpaired) electrons. The molecule has 0 heterocycles. The Morgan fingerprint density at radius 1 is 1.50 bits per heavy atom. The molecule has 0 aromatic heterocycles. The van der Waals surface area contributed by atoms with Gasteiger partial charge in [-0.3, -0.25) is 4.79 Å². The van der Waals surface area contributed by atoms with E-state index in [1.54, 1.807) is 0 Å². The molecule has 70 valence electrons. The minimum Gasteiger partial charge on any atom is -0.469 e. The minimum absolute atomic E-state index is 0.0327. The maximum atomic E-state index is 11.5. The molecule has 2 atom stereocenters. The van der Waals surface area contributed by atoms with Crippen LogP contribution in [0.1, 0.15) is 39.5 Å². The fourth-order valence-electron chi connectivity index (χ4n) is 2.04. The van der Waals surface area contributed by atoms with E-state index >= 15 is 0 Å². The van der Waals surface area contributed by atoms with Crippen molar-refractivity contribution in [3.8, 4) is 0 Å². The third-order valence-corrected chi connectivity index (χ3v) is 3.32. The van der Waals surface area contributed by atoms with E-state index in [0.29, 0.717) is 5.92 Å². The maximum absolute atomic E-state index is 11.5. The van der Waals surface area contributed by atoms with Crippen LogP contribution in [0.2, 0.25) is 0 Å². The van der Waals surface area contributed by atoms with E-state index in [-0.39, 0.29) is 11.4 Å². The Bertz CT molecular complexity index is 177. The predicted molar refractivity (Wildman–Crippen MR) is 47.8 cm³/mol. The standard InChI is InChI=1S/C10H18O2/c1-8-6-4-5-7-10(8,2)9(11)12-3/h8H,4-7H2,1-3H3/t8-,10+/m1/s1. The lowest BCUT2D eigenvalue weighted by Gasteiger charge is -2.36. The average molecular weight is 170 g/mol. The van der Waals surface area contributed by atoms with E-state index in [0.717, 1.165) is 19.3 Å². The summed E-state index contributed by atoms with van der Waals surface area (Å²) in [7, 11) is 1.48. The summed E-state index contributed by atoms with van der Waals surface area (Å²) in [6, 6.07) is 0. The predicted octanol–water partition coefficient (Wildman–Crippen LogP) is 2.38. The highest BCUT2D eigenvalue weighted by Crippen LogP contribution is 2.41. The van der Waals surface area contributed by atoms with Crippen molar-refractivity contribution < 1.29 is 9.53 Å². The summed E-state index contributed by atoms with van der Waals surface area (Å²) >= 11 is 0. The van der Waals surface area contributed by atoms with Crippen molar-refractivity contribution in [2.24, 2.45) is 11.3 Å². The van der Waals surface area contributed by atoms with Crippen LogP contribution in [-0.4, -0.2) is 13.1 Å². The quantitative estimate of drug-likeness (QED) is 0.565. The van der Waals surface area contributed by atoms with E-state index in [2.05, 4.69) is 6.92 Å². The Labute approximate surface area is 74.3 Å². The molecule has 0 aliphatic heterocycles. The number of ether oxygens (including phenoxy) is 1. The van der Waals surface area contributed by atoms with Gasteiger partial charge in [-0.15, -0.1) is 0 Å². The average Bonchev–Trinajstić information content (AvgIpc) is 2.09. The topological polar surface area (TPSA) is 26.3 Å². The van der Waals surface area contributed by atoms with Gasteiger partial charge in [-0.05, 0) is 25.7 Å². The third kappa shape index (κ3) is 1.47. The Kier molecular flexibility index (Phi) is 2.76. The van der Waals surface area contributed by atoms with Gasteiger partial charge in [0.2, 0.25) is 0 Å². The minimum atomic E-state index is -0.215. The second-order valence-electron chi connectivity index (χ2n) is 4.06. The second kappa shape index (κ2) is 3.46. The monoisotopic (exact) mass is 170 g/mol. The highest BCUT2D eigenvalue weighted by Gasteiger charge is 2.41. The van der Waals surface area contributed by atoms with E-state index < -0.39 is 0 Å². The van der Waals surface area contributed by atoms with Crippen LogP contribution in [0.5, 0.6) is 0 Å². The lowest BCUT2D eigenvalue weighted by Crippen LogP contribution is -2.37. The van der Waals surface area contributed by atoms with Crippen molar-refractivity contribution >= 4 is 5.97 Å². The molecular weight excluding hydrogens is 152 g/mol. The van der Waals surface area contributed by atoms with E-state index in [1.807, 2.05) is 6.92 Å². The molecule has 0 spiro atoms. The van der Waals surface area contributed by atoms with E-state index in [1.165, 1.54) is 13.5 Å². The molecule has 0 aromatic rings. The van der Waals surface area contributed by atoms with Gasteiger partial charge in [-0.1, -0.05) is 19.8 Å². The summed E-state index contributed by atoms with van der Waals surface area (Å²) in [4.78, 5) is 11.5. The van der Waals surface area contributed by atoms with Crippen LogP contribution in [0.15, 0.2) is 0 Å². The molecule has 1 aliphatic rings. The van der Waals surface area contributed by atoms with Gasteiger partial charge in [0.15, 0.2) is 0 Å². The van der Waals surface area contributed by atoms with E-state index in [9.17, 15) is 4.79 Å². The summed E-state index contributed by atoms with van der Waals surface area (Å²) in [5, 5.41) is 0. The summed E-state index contributed by atoms with van der Waals surface area (Å²) in [6.45, 7) is 4.18. The molecule has 0 amide bonds. The number of methoxy groups -OCH3 is 1. The molecule has 1 aliphatic carbocycles.